The Labute approximate surface area is 225 Å². The molecule has 0 radical (unpaired) electrons. The first-order valence-electron chi connectivity index (χ1n) is 12.9. The Morgan fingerprint density at radius 1 is 0.974 bits per heavy atom. The molecule has 0 amide bonds. The standard InChI is InChI=1S/C30H29N5O2S/c36-29(28-5-2-18-38-28)26-21-33-35-27(10-11-32-30(26)35)25-4-1-3-24(19-25)23-8-6-22(7-9-23)20-31-12-13-34-14-16-37-17-15-34/h1-11,18-19,21,31H,12-17,20H2. The molecule has 4 heterocycles. The van der Waals surface area contributed by atoms with E-state index >= 15 is 0 Å². The van der Waals surface area contributed by atoms with Crippen molar-refractivity contribution in [3.05, 3.63) is 101 Å². The number of benzene rings is 2. The average molecular weight is 524 g/mol. The van der Waals surface area contributed by atoms with E-state index in [1.807, 2.05) is 23.6 Å². The Morgan fingerprint density at radius 2 is 1.82 bits per heavy atom. The van der Waals surface area contributed by atoms with Gasteiger partial charge >= 0.3 is 0 Å². The number of fused-ring (bicyclic) bond motifs is 1. The number of nitrogens with zero attached hydrogens (tertiary/aromatic N) is 4. The number of aromatic nitrogens is 3. The molecule has 1 aliphatic heterocycles. The summed E-state index contributed by atoms with van der Waals surface area (Å²) in [6, 6.07) is 22.8. The summed E-state index contributed by atoms with van der Waals surface area (Å²) in [5.41, 5.74) is 6.54. The molecule has 1 N–H and O–H groups in total. The molecule has 0 aliphatic carbocycles. The first-order valence-corrected chi connectivity index (χ1v) is 13.8. The van der Waals surface area contributed by atoms with Crippen LogP contribution in [0.25, 0.3) is 28.0 Å². The van der Waals surface area contributed by atoms with Crippen LogP contribution in [0.4, 0.5) is 0 Å². The minimum atomic E-state index is -0.0518. The van der Waals surface area contributed by atoms with Crippen LogP contribution in [0, 0.1) is 0 Å². The van der Waals surface area contributed by atoms with Crippen molar-refractivity contribution in [1.29, 1.82) is 0 Å². The highest BCUT2D eigenvalue weighted by molar-refractivity contribution is 7.12. The van der Waals surface area contributed by atoms with Crippen molar-refractivity contribution in [2.45, 2.75) is 6.54 Å². The summed E-state index contributed by atoms with van der Waals surface area (Å²) in [5.74, 6) is -0.0518. The summed E-state index contributed by atoms with van der Waals surface area (Å²) in [7, 11) is 0. The summed E-state index contributed by atoms with van der Waals surface area (Å²) < 4.78 is 7.17. The molecule has 192 valence electrons. The van der Waals surface area contributed by atoms with Crippen LogP contribution in [0.3, 0.4) is 0 Å². The summed E-state index contributed by atoms with van der Waals surface area (Å²) in [5, 5.41) is 9.98. The molecule has 8 heteroatoms. The van der Waals surface area contributed by atoms with E-state index in [1.165, 1.54) is 16.9 Å². The Morgan fingerprint density at radius 3 is 2.63 bits per heavy atom. The van der Waals surface area contributed by atoms with Gasteiger partial charge in [0.05, 0.1) is 35.5 Å². The molecule has 0 spiro atoms. The third kappa shape index (κ3) is 5.30. The third-order valence-corrected chi connectivity index (χ3v) is 7.74. The molecule has 1 saturated heterocycles. The van der Waals surface area contributed by atoms with Crippen molar-refractivity contribution in [1.82, 2.24) is 24.8 Å². The van der Waals surface area contributed by atoms with Gasteiger partial charge in [-0.3, -0.25) is 9.69 Å². The fourth-order valence-electron chi connectivity index (χ4n) is 4.78. The predicted molar refractivity (Wildman–Crippen MR) is 151 cm³/mol. The van der Waals surface area contributed by atoms with Crippen LogP contribution in [-0.4, -0.2) is 64.7 Å². The fourth-order valence-corrected chi connectivity index (χ4v) is 5.46. The van der Waals surface area contributed by atoms with Crippen LogP contribution in [0.15, 0.2) is 84.5 Å². The molecule has 5 aromatic rings. The Hall–Kier alpha value is -3.69. The van der Waals surface area contributed by atoms with E-state index in [1.54, 1.807) is 16.9 Å². The van der Waals surface area contributed by atoms with E-state index in [-0.39, 0.29) is 5.78 Å². The summed E-state index contributed by atoms with van der Waals surface area (Å²) in [6.07, 6.45) is 3.36. The molecule has 1 fully saturated rings. The van der Waals surface area contributed by atoms with Gasteiger partial charge in [-0.2, -0.15) is 5.10 Å². The highest BCUT2D eigenvalue weighted by Crippen LogP contribution is 2.28. The van der Waals surface area contributed by atoms with Gasteiger partial charge in [0.1, 0.15) is 0 Å². The number of carbonyl (C=O) groups is 1. The quantitative estimate of drug-likeness (QED) is 0.222. The normalized spacial score (nSPS) is 14.2. The molecule has 1 aliphatic rings. The lowest BCUT2D eigenvalue weighted by Gasteiger charge is -2.26. The topological polar surface area (TPSA) is 71.8 Å². The Kier molecular flexibility index (Phi) is 7.37. The van der Waals surface area contributed by atoms with Crippen LogP contribution in [-0.2, 0) is 11.3 Å². The van der Waals surface area contributed by atoms with E-state index in [0.717, 1.165) is 68.3 Å². The molecule has 2 aromatic carbocycles. The van der Waals surface area contributed by atoms with Gasteiger partial charge in [0.25, 0.3) is 0 Å². The second-order valence-corrected chi connectivity index (χ2v) is 10.3. The van der Waals surface area contributed by atoms with Gasteiger partial charge < -0.3 is 10.1 Å². The van der Waals surface area contributed by atoms with Crippen molar-refractivity contribution >= 4 is 22.8 Å². The second-order valence-electron chi connectivity index (χ2n) is 9.34. The van der Waals surface area contributed by atoms with E-state index < -0.39 is 0 Å². The summed E-state index contributed by atoms with van der Waals surface area (Å²) in [6.45, 7) is 6.60. The van der Waals surface area contributed by atoms with Crippen LogP contribution in [0.5, 0.6) is 0 Å². The lowest BCUT2D eigenvalue weighted by Crippen LogP contribution is -2.40. The van der Waals surface area contributed by atoms with E-state index in [9.17, 15) is 4.79 Å². The molecular formula is C30H29N5O2S. The Balaban J connectivity index is 1.16. The summed E-state index contributed by atoms with van der Waals surface area (Å²) in [4.78, 5) is 20.6. The lowest BCUT2D eigenvalue weighted by molar-refractivity contribution is 0.0384. The van der Waals surface area contributed by atoms with Crippen molar-refractivity contribution in [2.75, 3.05) is 39.4 Å². The second kappa shape index (κ2) is 11.4. The minimum absolute atomic E-state index is 0.0518. The average Bonchev–Trinajstić information content (AvgIpc) is 3.67. The van der Waals surface area contributed by atoms with Crippen LogP contribution >= 0.6 is 11.3 Å². The third-order valence-electron chi connectivity index (χ3n) is 6.87. The van der Waals surface area contributed by atoms with Crippen molar-refractivity contribution in [3.63, 3.8) is 0 Å². The zero-order valence-corrected chi connectivity index (χ0v) is 21.9. The maximum atomic E-state index is 13.0. The van der Waals surface area contributed by atoms with Gasteiger partial charge in [-0.15, -0.1) is 11.3 Å². The zero-order chi connectivity index (χ0) is 25.7. The van der Waals surface area contributed by atoms with E-state index in [2.05, 4.69) is 68.8 Å². The number of morpholine rings is 1. The molecule has 0 atom stereocenters. The number of ether oxygens (including phenoxy) is 1. The molecule has 6 rings (SSSR count). The number of carbonyl (C=O) groups excluding carboxylic acids is 1. The van der Waals surface area contributed by atoms with Crippen molar-refractivity contribution in [3.8, 4) is 22.4 Å². The van der Waals surface area contributed by atoms with Gasteiger partial charge in [0.15, 0.2) is 5.65 Å². The molecule has 7 nitrogen and oxygen atoms in total. The molecule has 0 saturated carbocycles. The maximum Gasteiger partial charge on any atom is 0.208 e. The molecule has 38 heavy (non-hydrogen) atoms. The van der Waals surface area contributed by atoms with Crippen molar-refractivity contribution in [2.24, 2.45) is 0 Å². The number of thiophene rings is 1. The summed E-state index contributed by atoms with van der Waals surface area (Å²) >= 11 is 1.43. The Bertz CT molecular complexity index is 1520. The predicted octanol–water partition coefficient (Wildman–Crippen LogP) is 4.78. The first-order chi connectivity index (χ1) is 18.8. The highest BCUT2D eigenvalue weighted by Gasteiger charge is 2.18. The molecule has 0 unspecified atom stereocenters. The van der Waals surface area contributed by atoms with Crippen molar-refractivity contribution < 1.29 is 9.53 Å². The van der Waals surface area contributed by atoms with Gasteiger partial charge in [0, 0.05) is 44.5 Å². The van der Waals surface area contributed by atoms with Gasteiger partial charge in [-0.25, -0.2) is 9.50 Å². The monoisotopic (exact) mass is 523 g/mol. The highest BCUT2D eigenvalue weighted by atomic mass is 32.1. The van der Waals surface area contributed by atoms with E-state index in [4.69, 9.17) is 4.74 Å². The number of ketones is 1. The first kappa shape index (κ1) is 24.6. The zero-order valence-electron chi connectivity index (χ0n) is 21.0. The van der Waals surface area contributed by atoms with Gasteiger partial charge in [-0.05, 0) is 40.3 Å². The van der Waals surface area contributed by atoms with Gasteiger partial charge in [0.2, 0.25) is 5.78 Å². The van der Waals surface area contributed by atoms with E-state index in [0.29, 0.717) is 16.1 Å². The van der Waals surface area contributed by atoms with Crippen LogP contribution < -0.4 is 5.32 Å². The lowest BCUT2D eigenvalue weighted by atomic mass is 10.0. The fraction of sp³-hybridized carbons (Fsp3) is 0.233. The molecule has 3 aromatic heterocycles. The number of hydrogen-bond acceptors (Lipinski definition) is 7. The number of nitrogens with one attached hydrogen (secondary N) is 1. The minimum Gasteiger partial charge on any atom is -0.379 e. The SMILES string of the molecule is O=C(c1cccs1)c1cnn2c(-c3cccc(-c4ccc(CNCCN5CCOCC5)cc4)c3)ccnc12. The molecular weight excluding hydrogens is 494 g/mol. The largest absolute Gasteiger partial charge is 0.379 e. The number of hydrogen-bond donors (Lipinski definition) is 1. The van der Waals surface area contributed by atoms with Crippen LogP contribution in [0.2, 0.25) is 0 Å². The number of rotatable bonds is 9. The molecule has 0 bridgehead atoms. The maximum absolute atomic E-state index is 13.0. The smallest absolute Gasteiger partial charge is 0.208 e. The van der Waals surface area contributed by atoms with Gasteiger partial charge in [-0.1, -0.05) is 48.5 Å². The van der Waals surface area contributed by atoms with Crippen LogP contribution in [0.1, 0.15) is 20.8 Å².